The van der Waals surface area contributed by atoms with Crippen molar-refractivity contribution in [3.63, 3.8) is 0 Å². The Labute approximate surface area is 132 Å². The van der Waals surface area contributed by atoms with Crippen molar-refractivity contribution in [1.82, 2.24) is 4.98 Å². The highest BCUT2D eigenvalue weighted by molar-refractivity contribution is 7.22. The quantitative estimate of drug-likeness (QED) is 0.539. The van der Waals surface area contributed by atoms with Gasteiger partial charge in [-0.25, -0.2) is 0 Å². The predicted octanol–water partition coefficient (Wildman–Crippen LogP) is -1.46. The Hall–Kier alpha value is -1.55. The molecule has 0 spiro atoms. The molecular weight excluding hydrogens is 332 g/mol. The van der Waals surface area contributed by atoms with E-state index in [4.69, 9.17) is 23.4 Å². The van der Waals surface area contributed by atoms with Gasteiger partial charge in [-0.1, -0.05) is 0 Å². The maximum atomic E-state index is 8.60. The minimum atomic E-state index is -4.69. The molecule has 0 atom stereocenters. The van der Waals surface area contributed by atoms with E-state index in [-0.39, 0.29) is 0 Å². The third-order valence-corrected chi connectivity index (χ3v) is 3.85. The molecule has 3 aromatic rings. The number of aromatic nitrogens is 2. The van der Waals surface area contributed by atoms with E-state index in [1.165, 1.54) is 15.9 Å². The van der Waals surface area contributed by atoms with Gasteiger partial charge in [0.25, 0.3) is 0 Å². The SMILES string of the molecule is COc1ccc2c(c1)sc1nc(C)cc(C)[n+]12.[O-][Cl+3]([O-])([O-])O. The van der Waals surface area contributed by atoms with Gasteiger partial charge in [0.05, 0.1) is 26.7 Å². The smallest absolute Gasteiger partial charge is 0.388 e. The first-order chi connectivity index (χ1) is 10.2. The summed E-state index contributed by atoms with van der Waals surface area (Å²) in [5, 5.41) is 0. The molecule has 0 radical (unpaired) electrons. The van der Waals surface area contributed by atoms with Crippen molar-refractivity contribution in [3.05, 3.63) is 35.7 Å². The van der Waals surface area contributed by atoms with Crippen LogP contribution in [0.25, 0.3) is 15.2 Å². The summed E-state index contributed by atoms with van der Waals surface area (Å²) in [5.41, 5.74) is 3.46. The minimum Gasteiger partial charge on any atom is -0.497 e. The molecule has 1 aromatic carbocycles. The topological polar surface area (TPSA) is 116 Å². The molecule has 1 N–H and O–H groups in total. The van der Waals surface area contributed by atoms with Gasteiger partial charge in [-0.2, -0.15) is 18.4 Å². The van der Waals surface area contributed by atoms with Crippen molar-refractivity contribution < 1.29 is 38.0 Å². The third kappa shape index (κ3) is 4.01. The Bertz CT molecular complexity index is 809. The van der Waals surface area contributed by atoms with Crippen molar-refractivity contribution in [3.8, 4) is 5.75 Å². The number of aryl methyl sites for hydroxylation is 2. The molecule has 0 aliphatic heterocycles. The summed E-state index contributed by atoms with van der Waals surface area (Å²) in [4.78, 5) is 5.60. The lowest BCUT2D eigenvalue weighted by Crippen LogP contribution is -2.58. The molecule has 9 heteroatoms. The summed E-state index contributed by atoms with van der Waals surface area (Å²) in [6.07, 6.45) is 0. The lowest BCUT2D eigenvalue weighted by Gasteiger charge is -2.03. The fraction of sp³-hybridized carbons (Fsp3) is 0.231. The largest absolute Gasteiger partial charge is 0.497 e. The number of hydrogen-bond acceptors (Lipinski definition) is 7. The highest BCUT2D eigenvalue weighted by atomic mass is 35.7. The molecular formula is C13H14ClN2O5S+. The predicted molar refractivity (Wildman–Crippen MR) is 71.0 cm³/mol. The number of methoxy groups -OCH3 is 1. The Kier molecular flexibility index (Phi) is 4.81. The summed E-state index contributed by atoms with van der Waals surface area (Å²) >= 11 is 1.69. The fourth-order valence-electron chi connectivity index (χ4n) is 2.10. The number of nitrogens with zero attached hydrogens (tertiary/aromatic N) is 2. The molecule has 0 aliphatic rings. The first-order valence-corrected chi connectivity index (χ1v) is 8.17. The van der Waals surface area contributed by atoms with Gasteiger partial charge in [0.1, 0.15) is 11.4 Å². The average Bonchev–Trinajstić information content (AvgIpc) is 2.73. The number of rotatable bonds is 1. The molecule has 0 amide bonds. The van der Waals surface area contributed by atoms with Crippen LogP contribution in [0.2, 0.25) is 0 Å². The first kappa shape index (κ1) is 16.8. The molecule has 7 nitrogen and oxygen atoms in total. The van der Waals surface area contributed by atoms with Gasteiger partial charge >= 0.3 is 4.96 Å². The number of ether oxygens (including phenoxy) is 1. The van der Waals surface area contributed by atoms with Crippen LogP contribution in [-0.4, -0.2) is 16.8 Å². The van der Waals surface area contributed by atoms with Crippen LogP contribution in [0.3, 0.4) is 0 Å². The maximum absolute atomic E-state index is 8.60. The molecule has 0 fully saturated rings. The molecule has 22 heavy (non-hydrogen) atoms. The number of fused-ring (bicyclic) bond motifs is 3. The Morgan fingerprint density at radius 3 is 2.45 bits per heavy atom. The van der Waals surface area contributed by atoms with Crippen LogP contribution < -0.4 is 23.1 Å². The second-order valence-electron chi connectivity index (χ2n) is 4.49. The zero-order valence-corrected chi connectivity index (χ0v) is 13.6. The van der Waals surface area contributed by atoms with E-state index < -0.39 is 10.2 Å². The molecule has 0 bridgehead atoms. The monoisotopic (exact) mass is 345 g/mol. The third-order valence-electron chi connectivity index (χ3n) is 2.84. The Balaban J connectivity index is 0.000000309. The van der Waals surface area contributed by atoms with Crippen LogP contribution >= 0.6 is 11.3 Å². The van der Waals surface area contributed by atoms with E-state index in [9.17, 15) is 0 Å². The van der Waals surface area contributed by atoms with Crippen LogP contribution in [0.1, 0.15) is 11.4 Å². The van der Waals surface area contributed by atoms with E-state index in [2.05, 4.69) is 34.5 Å². The van der Waals surface area contributed by atoms with E-state index in [0.717, 1.165) is 16.4 Å². The van der Waals surface area contributed by atoms with Crippen molar-refractivity contribution in [1.29, 1.82) is 0 Å². The standard InChI is InChI=1S/C13H13N2OS.ClHO4/c1-8-6-9(2)15-11-5-4-10(16-3)7-12(11)17-13(15)14-8;2-1(3,4)5/h4-7H,1-3H3;(H,2,3,4,5)/q+1;. The average molecular weight is 346 g/mol. The minimum absolute atomic E-state index is 0.888. The van der Waals surface area contributed by atoms with Crippen LogP contribution in [-0.2, 0) is 0 Å². The molecule has 0 saturated carbocycles. The summed E-state index contributed by atoms with van der Waals surface area (Å²) in [6, 6.07) is 8.23. The van der Waals surface area contributed by atoms with Crippen LogP contribution in [0, 0.1) is 24.1 Å². The zero-order valence-electron chi connectivity index (χ0n) is 12.1. The van der Waals surface area contributed by atoms with Crippen LogP contribution in [0.5, 0.6) is 5.75 Å². The normalized spacial score (nSPS) is 11.4. The summed E-state index contributed by atoms with van der Waals surface area (Å²) in [7, 11) is -3.00. The lowest BCUT2D eigenvalue weighted by atomic mass is 10.3. The molecule has 0 aliphatic carbocycles. The molecule has 0 unspecified atom stereocenters. The Morgan fingerprint density at radius 1 is 1.23 bits per heavy atom. The zero-order chi connectivity index (χ0) is 16.5. The highest BCUT2D eigenvalue weighted by Gasteiger charge is 2.17. The molecule has 2 heterocycles. The van der Waals surface area contributed by atoms with Gasteiger partial charge in [-0.15, -0.1) is 0 Å². The van der Waals surface area contributed by atoms with Crippen LogP contribution in [0.4, 0.5) is 0 Å². The second-order valence-corrected chi connectivity index (χ2v) is 6.29. The van der Waals surface area contributed by atoms with Gasteiger partial charge < -0.3 is 4.74 Å². The summed E-state index contributed by atoms with van der Waals surface area (Å²) < 4.78 is 41.4. The molecule has 0 saturated heterocycles. The highest BCUT2D eigenvalue weighted by Crippen LogP contribution is 2.25. The van der Waals surface area contributed by atoms with E-state index in [1.54, 1.807) is 18.4 Å². The van der Waals surface area contributed by atoms with Crippen LogP contribution in [0.15, 0.2) is 24.3 Å². The number of benzene rings is 1. The van der Waals surface area contributed by atoms with Gasteiger partial charge in [-0.3, -0.25) is 0 Å². The van der Waals surface area contributed by atoms with Crippen molar-refractivity contribution in [2.75, 3.05) is 7.11 Å². The molecule has 118 valence electrons. The number of halogens is 1. The van der Waals surface area contributed by atoms with E-state index in [1.807, 2.05) is 13.0 Å². The summed E-state index contributed by atoms with van der Waals surface area (Å²) in [6.45, 7) is 4.13. The molecule has 3 rings (SSSR count). The van der Waals surface area contributed by atoms with E-state index >= 15 is 0 Å². The second kappa shape index (κ2) is 6.29. The summed E-state index contributed by atoms with van der Waals surface area (Å²) in [5.74, 6) is 0.888. The lowest BCUT2D eigenvalue weighted by molar-refractivity contribution is -1.92. The maximum Gasteiger partial charge on any atom is 0.388 e. The number of hydrogen-bond donors (Lipinski definition) is 1. The number of thiazole rings is 1. The van der Waals surface area contributed by atoms with Crippen molar-refractivity contribution >= 4 is 26.5 Å². The van der Waals surface area contributed by atoms with Gasteiger partial charge in [0.15, 0.2) is 11.2 Å². The Morgan fingerprint density at radius 2 is 1.86 bits per heavy atom. The first-order valence-electron chi connectivity index (χ1n) is 6.09. The van der Waals surface area contributed by atoms with Crippen molar-refractivity contribution in [2.45, 2.75) is 13.8 Å². The van der Waals surface area contributed by atoms with Gasteiger partial charge in [-0.05, 0) is 35.4 Å². The van der Waals surface area contributed by atoms with Crippen molar-refractivity contribution in [2.24, 2.45) is 0 Å². The van der Waals surface area contributed by atoms with Gasteiger partial charge in [0.2, 0.25) is 0 Å². The van der Waals surface area contributed by atoms with E-state index in [0.29, 0.717) is 0 Å². The van der Waals surface area contributed by atoms with Gasteiger partial charge in [0, 0.05) is 19.1 Å². The molecule has 2 aromatic heterocycles. The fourth-order valence-corrected chi connectivity index (χ4v) is 3.26.